The average Bonchev–Trinajstić information content (AvgIpc) is 2.30. The van der Waals surface area contributed by atoms with Crippen LogP contribution in [0.5, 0.6) is 0 Å². The molecule has 1 aliphatic heterocycles. The molecule has 1 aromatic heterocycles. The van der Waals surface area contributed by atoms with E-state index >= 15 is 0 Å². The second kappa shape index (κ2) is 4.53. The predicted octanol–water partition coefficient (Wildman–Crippen LogP) is 0.824. The van der Waals surface area contributed by atoms with Gasteiger partial charge in [-0.15, -0.1) is 0 Å². The number of rotatable bonds is 2. The lowest BCUT2D eigenvalue weighted by molar-refractivity contribution is 0.208. The zero-order valence-electron chi connectivity index (χ0n) is 8.43. The van der Waals surface area contributed by atoms with Crippen LogP contribution < -0.4 is 4.90 Å². The molecule has 0 radical (unpaired) electrons. The Morgan fingerprint density at radius 2 is 2.20 bits per heavy atom. The number of aliphatic hydroxyl groups is 1. The van der Waals surface area contributed by atoms with E-state index < -0.39 is 5.82 Å². The van der Waals surface area contributed by atoms with E-state index in [0.717, 1.165) is 25.9 Å². The van der Waals surface area contributed by atoms with Crippen LogP contribution in [0.3, 0.4) is 0 Å². The summed E-state index contributed by atoms with van der Waals surface area (Å²) in [5, 5.41) is 9.07. The highest BCUT2D eigenvalue weighted by atomic mass is 19.1. The van der Waals surface area contributed by atoms with Crippen LogP contribution in [0.15, 0.2) is 12.4 Å². The van der Waals surface area contributed by atoms with Crippen molar-refractivity contribution in [3.8, 4) is 0 Å². The van der Waals surface area contributed by atoms with Gasteiger partial charge in [-0.05, 0) is 18.8 Å². The van der Waals surface area contributed by atoms with Gasteiger partial charge in [-0.2, -0.15) is 0 Å². The second-order valence-corrected chi connectivity index (χ2v) is 3.84. The quantitative estimate of drug-likeness (QED) is 0.787. The molecule has 0 bridgehead atoms. The minimum atomic E-state index is -0.422. The lowest BCUT2D eigenvalue weighted by atomic mass is 9.99. The fourth-order valence-electron chi connectivity index (χ4n) is 1.86. The molecule has 1 aliphatic rings. The van der Waals surface area contributed by atoms with E-state index in [2.05, 4.69) is 9.97 Å². The molecular formula is C10H14FN3O. The van der Waals surface area contributed by atoms with Gasteiger partial charge in [0.25, 0.3) is 0 Å². The fourth-order valence-corrected chi connectivity index (χ4v) is 1.86. The highest BCUT2D eigenvalue weighted by Gasteiger charge is 2.20. The Morgan fingerprint density at radius 3 is 2.87 bits per heavy atom. The zero-order valence-corrected chi connectivity index (χ0v) is 8.43. The number of hydrogen-bond acceptors (Lipinski definition) is 4. The maximum atomic E-state index is 12.6. The highest BCUT2D eigenvalue weighted by Crippen LogP contribution is 2.19. The molecule has 1 fully saturated rings. The van der Waals surface area contributed by atoms with Gasteiger partial charge in [0.15, 0.2) is 5.82 Å². The predicted molar refractivity (Wildman–Crippen MR) is 54.0 cm³/mol. The van der Waals surface area contributed by atoms with Crippen LogP contribution in [0.2, 0.25) is 0 Å². The van der Waals surface area contributed by atoms with Gasteiger partial charge < -0.3 is 10.0 Å². The van der Waals surface area contributed by atoms with Crippen LogP contribution in [0.4, 0.5) is 10.3 Å². The molecule has 0 aliphatic carbocycles. The molecule has 2 rings (SSSR count). The smallest absolute Gasteiger partial charge is 0.225 e. The van der Waals surface area contributed by atoms with Crippen molar-refractivity contribution in [2.24, 2.45) is 5.92 Å². The van der Waals surface area contributed by atoms with Gasteiger partial charge in [-0.25, -0.2) is 14.4 Å². The molecule has 0 spiro atoms. The minimum absolute atomic E-state index is 0.192. The normalized spacial score (nSPS) is 21.7. The lowest BCUT2D eigenvalue weighted by Gasteiger charge is -2.31. The zero-order chi connectivity index (χ0) is 10.7. The average molecular weight is 211 g/mol. The second-order valence-electron chi connectivity index (χ2n) is 3.84. The van der Waals surface area contributed by atoms with E-state index in [1.807, 2.05) is 4.90 Å². The molecule has 1 aromatic rings. The van der Waals surface area contributed by atoms with Gasteiger partial charge in [0, 0.05) is 19.7 Å². The SMILES string of the molecule is OC[C@@H]1CCCN(c2ncc(F)cn2)C1. The van der Waals surface area contributed by atoms with E-state index in [4.69, 9.17) is 5.11 Å². The summed E-state index contributed by atoms with van der Waals surface area (Å²) < 4.78 is 12.6. The van der Waals surface area contributed by atoms with Crippen molar-refractivity contribution in [2.45, 2.75) is 12.8 Å². The van der Waals surface area contributed by atoms with Crippen LogP contribution >= 0.6 is 0 Å². The third kappa shape index (κ3) is 2.41. The lowest BCUT2D eigenvalue weighted by Crippen LogP contribution is -2.37. The van der Waals surface area contributed by atoms with E-state index in [-0.39, 0.29) is 12.5 Å². The molecule has 5 heteroatoms. The first-order chi connectivity index (χ1) is 7.29. The standard InChI is InChI=1S/C10H14FN3O/c11-9-4-12-10(13-5-9)14-3-1-2-8(6-14)7-15/h4-5,8,15H,1-3,6-7H2/t8-/m1/s1. The van der Waals surface area contributed by atoms with Gasteiger partial charge in [0.1, 0.15) is 0 Å². The van der Waals surface area contributed by atoms with Crippen LogP contribution in [-0.4, -0.2) is 34.8 Å². The Bertz CT molecular complexity index is 317. The van der Waals surface area contributed by atoms with E-state index in [1.54, 1.807) is 0 Å². The summed E-state index contributed by atoms with van der Waals surface area (Å²) in [5.41, 5.74) is 0. The molecular weight excluding hydrogens is 197 g/mol. The van der Waals surface area contributed by atoms with E-state index in [0.29, 0.717) is 5.95 Å². The molecule has 15 heavy (non-hydrogen) atoms. The molecule has 0 unspecified atom stereocenters. The number of anilines is 1. The van der Waals surface area contributed by atoms with Crippen molar-refractivity contribution in [1.29, 1.82) is 0 Å². The third-order valence-corrected chi connectivity index (χ3v) is 2.67. The Morgan fingerprint density at radius 1 is 1.47 bits per heavy atom. The topological polar surface area (TPSA) is 49.2 Å². The summed E-state index contributed by atoms with van der Waals surface area (Å²) in [5.74, 6) is 0.413. The third-order valence-electron chi connectivity index (χ3n) is 2.67. The van der Waals surface area contributed by atoms with Crippen molar-refractivity contribution in [3.63, 3.8) is 0 Å². The number of nitrogens with zero attached hydrogens (tertiary/aromatic N) is 3. The first-order valence-electron chi connectivity index (χ1n) is 5.13. The van der Waals surface area contributed by atoms with Gasteiger partial charge in [0.2, 0.25) is 5.95 Å². The maximum Gasteiger partial charge on any atom is 0.225 e. The van der Waals surface area contributed by atoms with Crippen molar-refractivity contribution in [3.05, 3.63) is 18.2 Å². The number of piperidine rings is 1. The number of aliphatic hydroxyl groups excluding tert-OH is 1. The maximum absolute atomic E-state index is 12.6. The van der Waals surface area contributed by atoms with E-state index in [9.17, 15) is 4.39 Å². The van der Waals surface area contributed by atoms with Crippen molar-refractivity contribution in [2.75, 3.05) is 24.6 Å². The van der Waals surface area contributed by atoms with Gasteiger partial charge >= 0.3 is 0 Å². The summed E-state index contributed by atoms with van der Waals surface area (Å²) in [7, 11) is 0. The first-order valence-corrected chi connectivity index (χ1v) is 5.13. The summed E-state index contributed by atoms with van der Waals surface area (Å²) >= 11 is 0. The number of aromatic nitrogens is 2. The molecule has 0 amide bonds. The molecule has 82 valence electrons. The Labute approximate surface area is 87.8 Å². The summed E-state index contributed by atoms with van der Waals surface area (Å²) in [4.78, 5) is 9.85. The van der Waals surface area contributed by atoms with Crippen molar-refractivity contribution in [1.82, 2.24) is 9.97 Å². The van der Waals surface area contributed by atoms with Crippen molar-refractivity contribution < 1.29 is 9.50 Å². The molecule has 0 saturated carbocycles. The van der Waals surface area contributed by atoms with Crippen LogP contribution in [0, 0.1) is 11.7 Å². The molecule has 4 nitrogen and oxygen atoms in total. The highest BCUT2D eigenvalue weighted by molar-refractivity contribution is 5.29. The van der Waals surface area contributed by atoms with Crippen LogP contribution in [0.25, 0.3) is 0 Å². The Hall–Kier alpha value is -1.23. The Balaban J connectivity index is 2.06. The monoisotopic (exact) mass is 211 g/mol. The number of hydrogen-bond donors (Lipinski definition) is 1. The van der Waals surface area contributed by atoms with Crippen LogP contribution in [-0.2, 0) is 0 Å². The summed E-state index contributed by atoms with van der Waals surface area (Å²) in [6.07, 6.45) is 4.40. The van der Waals surface area contributed by atoms with Crippen molar-refractivity contribution >= 4 is 5.95 Å². The Kier molecular flexibility index (Phi) is 3.11. The number of halogens is 1. The molecule has 0 aromatic carbocycles. The summed E-state index contributed by atoms with van der Waals surface area (Å²) in [6, 6.07) is 0. The minimum Gasteiger partial charge on any atom is -0.396 e. The van der Waals surface area contributed by atoms with Gasteiger partial charge in [-0.3, -0.25) is 0 Å². The summed E-state index contributed by atoms with van der Waals surface area (Å²) in [6.45, 7) is 1.82. The van der Waals surface area contributed by atoms with Crippen LogP contribution in [0.1, 0.15) is 12.8 Å². The molecule has 1 saturated heterocycles. The van der Waals surface area contributed by atoms with E-state index in [1.165, 1.54) is 12.4 Å². The van der Waals surface area contributed by atoms with Gasteiger partial charge in [-0.1, -0.05) is 0 Å². The molecule has 1 atom stereocenters. The van der Waals surface area contributed by atoms with Gasteiger partial charge in [0.05, 0.1) is 12.4 Å². The fraction of sp³-hybridized carbons (Fsp3) is 0.600. The molecule has 1 N–H and O–H groups in total. The largest absolute Gasteiger partial charge is 0.396 e. The first kappa shape index (κ1) is 10.3. The molecule has 2 heterocycles.